The summed E-state index contributed by atoms with van der Waals surface area (Å²) in [4.78, 5) is 14.1. The van der Waals surface area contributed by atoms with Gasteiger partial charge in [-0.1, -0.05) is 31.2 Å². The summed E-state index contributed by atoms with van der Waals surface area (Å²) in [6.07, 6.45) is 3.91. The van der Waals surface area contributed by atoms with Crippen molar-refractivity contribution in [3.8, 4) is 0 Å². The minimum atomic E-state index is -3.62. The SMILES string of the molecule is CCC(=O)N1CCc2cc(S(=O)(=O)NC3CCCc4ccccc43)ccc21. The normalized spacial score (nSPS) is 18.9. The Balaban J connectivity index is 1.60. The fourth-order valence-corrected chi connectivity index (χ4v) is 5.43. The number of benzene rings is 2. The minimum absolute atomic E-state index is 0.0706. The standard InChI is InChI=1S/C21H24N2O3S/c1-2-21(24)23-13-12-16-14-17(10-11-20(16)23)27(25,26)22-19-9-5-7-15-6-3-4-8-18(15)19/h3-4,6,8,10-11,14,19,22H,2,5,7,9,12-13H2,1H3. The number of nitrogens with zero attached hydrogens (tertiary/aromatic N) is 1. The fourth-order valence-electron chi connectivity index (χ4n) is 4.13. The van der Waals surface area contributed by atoms with Crippen LogP contribution in [0.4, 0.5) is 5.69 Å². The molecule has 0 bridgehead atoms. The summed E-state index contributed by atoms with van der Waals surface area (Å²) in [6, 6.07) is 12.9. The predicted molar refractivity (Wildman–Crippen MR) is 105 cm³/mol. The molecule has 5 nitrogen and oxygen atoms in total. The van der Waals surface area contributed by atoms with E-state index in [-0.39, 0.29) is 16.8 Å². The highest BCUT2D eigenvalue weighted by Crippen LogP contribution is 2.33. The number of hydrogen-bond acceptors (Lipinski definition) is 3. The quantitative estimate of drug-likeness (QED) is 0.879. The van der Waals surface area contributed by atoms with E-state index in [1.54, 1.807) is 23.1 Å². The Hall–Kier alpha value is -2.18. The van der Waals surface area contributed by atoms with Crippen molar-refractivity contribution in [1.82, 2.24) is 4.72 Å². The van der Waals surface area contributed by atoms with Gasteiger partial charge in [-0.25, -0.2) is 13.1 Å². The third-order valence-corrected chi connectivity index (χ3v) is 7.00. The van der Waals surface area contributed by atoms with Crippen LogP contribution in [0.1, 0.15) is 48.9 Å². The van der Waals surface area contributed by atoms with Gasteiger partial charge in [-0.3, -0.25) is 4.79 Å². The Morgan fingerprint density at radius 1 is 1.15 bits per heavy atom. The lowest BCUT2D eigenvalue weighted by atomic mass is 9.88. The predicted octanol–water partition coefficient (Wildman–Crippen LogP) is 3.34. The number of anilines is 1. The van der Waals surface area contributed by atoms with Gasteiger partial charge in [0.1, 0.15) is 0 Å². The van der Waals surface area contributed by atoms with E-state index < -0.39 is 10.0 Å². The van der Waals surface area contributed by atoms with Crippen LogP contribution in [0.2, 0.25) is 0 Å². The van der Waals surface area contributed by atoms with Gasteiger partial charge in [0, 0.05) is 24.7 Å². The molecule has 1 atom stereocenters. The number of rotatable bonds is 4. The van der Waals surface area contributed by atoms with Crippen LogP contribution in [0.15, 0.2) is 47.4 Å². The van der Waals surface area contributed by atoms with Crippen LogP contribution in [0, 0.1) is 0 Å². The first-order chi connectivity index (χ1) is 13.0. The lowest BCUT2D eigenvalue weighted by Crippen LogP contribution is -2.31. The number of nitrogens with one attached hydrogen (secondary N) is 1. The number of carbonyl (C=O) groups is 1. The van der Waals surface area contributed by atoms with Crippen molar-refractivity contribution in [2.45, 2.75) is 50.0 Å². The molecule has 0 spiro atoms. The highest BCUT2D eigenvalue weighted by Gasteiger charge is 2.28. The number of amides is 1. The van der Waals surface area contributed by atoms with Crippen molar-refractivity contribution in [2.75, 3.05) is 11.4 Å². The van der Waals surface area contributed by atoms with Crippen LogP contribution in [0.5, 0.6) is 0 Å². The minimum Gasteiger partial charge on any atom is -0.312 e. The summed E-state index contributed by atoms with van der Waals surface area (Å²) < 4.78 is 28.9. The van der Waals surface area contributed by atoms with Gasteiger partial charge in [0.05, 0.1) is 4.90 Å². The highest BCUT2D eigenvalue weighted by atomic mass is 32.2. The van der Waals surface area contributed by atoms with Crippen LogP contribution < -0.4 is 9.62 Å². The number of aryl methyl sites for hydroxylation is 1. The Bertz CT molecular complexity index is 985. The molecular formula is C21H24N2O3S. The smallest absolute Gasteiger partial charge is 0.241 e. The molecule has 0 aromatic heterocycles. The number of hydrogen-bond donors (Lipinski definition) is 1. The molecule has 0 saturated carbocycles. The largest absolute Gasteiger partial charge is 0.312 e. The summed E-state index contributed by atoms with van der Waals surface area (Å²) in [6.45, 7) is 2.46. The van der Waals surface area contributed by atoms with Crippen molar-refractivity contribution >= 4 is 21.6 Å². The maximum Gasteiger partial charge on any atom is 0.241 e. The highest BCUT2D eigenvalue weighted by molar-refractivity contribution is 7.89. The molecule has 1 N–H and O–H groups in total. The average molecular weight is 385 g/mol. The van der Waals surface area contributed by atoms with Gasteiger partial charge in [-0.05, 0) is 60.6 Å². The van der Waals surface area contributed by atoms with Crippen molar-refractivity contribution in [3.05, 3.63) is 59.2 Å². The van der Waals surface area contributed by atoms with E-state index in [1.807, 2.05) is 25.1 Å². The molecule has 1 heterocycles. The van der Waals surface area contributed by atoms with E-state index in [1.165, 1.54) is 5.56 Å². The average Bonchev–Trinajstić information content (AvgIpc) is 3.11. The third kappa shape index (κ3) is 3.39. The number of carbonyl (C=O) groups excluding carboxylic acids is 1. The zero-order valence-corrected chi connectivity index (χ0v) is 16.3. The lowest BCUT2D eigenvalue weighted by Gasteiger charge is -2.26. The molecule has 1 amide bonds. The van der Waals surface area contributed by atoms with Gasteiger partial charge in [-0.15, -0.1) is 0 Å². The second-order valence-corrected chi connectivity index (χ2v) is 8.92. The van der Waals surface area contributed by atoms with Crippen molar-refractivity contribution in [1.29, 1.82) is 0 Å². The van der Waals surface area contributed by atoms with Crippen molar-refractivity contribution in [3.63, 3.8) is 0 Å². The molecule has 2 aromatic carbocycles. The summed E-state index contributed by atoms with van der Waals surface area (Å²) in [5, 5.41) is 0. The molecule has 2 aromatic rings. The van der Waals surface area contributed by atoms with E-state index in [2.05, 4.69) is 10.8 Å². The van der Waals surface area contributed by atoms with E-state index in [4.69, 9.17) is 0 Å². The Morgan fingerprint density at radius 3 is 2.78 bits per heavy atom. The molecule has 1 aliphatic heterocycles. The molecule has 142 valence electrons. The van der Waals surface area contributed by atoms with E-state index in [0.717, 1.165) is 36.1 Å². The van der Waals surface area contributed by atoms with Crippen LogP contribution in [-0.4, -0.2) is 20.9 Å². The summed E-state index contributed by atoms with van der Waals surface area (Å²) in [5.41, 5.74) is 4.06. The molecule has 0 radical (unpaired) electrons. The molecule has 0 saturated heterocycles. The maximum absolute atomic E-state index is 13.0. The van der Waals surface area contributed by atoms with Gasteiger partial charge >= 0.3 is 0 Å². The Kier molecular flexibility index (Phi) is 4.78. The molecule has 2 aliphatic rings. The summed E-state index contributed by atoms with van der Waals surface area (Å²) >= 11 is 0. The van der Waals surface area contributed by atoms with Gasteiger partial charge < -0.3 is 4.90 Å². The van der Waals surface area contributed by atoms with Crippen LogP contribution in [-0.2, 0) is 27.7 Å². The first kappa shape index (κ1) is 18.2. The van der Waals surface area contributed by atoms with Crippen LogP contribution in [0.25, 0.3) is 0 Å². The van der Waals surface area contributed by atoms with E-state index in [9.17, 15) is 13.2 Å². The first-order valence-corrected chi connectivity index (χ1v) is 11.0. The molecule has 4 rings (SSSR count). The van der Waals surface area contributed by atoms with E-state index >= 15 is 0 Å². The van der Waals surface area contributed by atoms with E-state index in [0.29, 0.717) is 19.4 Å². The monoisotopic (exact) mass is 384 g/mol. The first-order valence-electron chi connectivity index (χ1n) is 9.53. The summed E-state index contributed by atoms with van der Waals surface area (Å²) in [7, 11) is -3.62. The fraction of sp³-hybridized carbons (Fsp3) is 0.381. The topological polar surface area (TPSA) is 66.5 Å². The third-order valence-electron chi connectivity index (χ3n) is 5.53. The van der Waals surface area contributed by atoms with Crippen molar-refractivity contribution in [2.24, 2.45) is 0 Å². The van der Waals surface area contributed by atoms with Crippen molar-refractivity contribution < 1.29 is 13.2 Å². The Morgan fingerprint density at radius 2 is 1.96 bits per heavy atom. The van der Waals surface area contributed by atoms with Gasteiger partial charge in [-0.2, -0.15) is 0 Å². The lowest BCUT2D eigenvalue weighted by molar-refractivity contribution is -0.118. The molecule has 6 heteroatoms. The molecule has 0 fully saturated rings. The summed E-state index contributed by atoms with van der Waals surface area (Å²) in [5.74, 6) is 0.0706. The van der Waals surface area contributed by atoms with Gasteiger partial charge in [0.25, 0.3) is 0 Å². The number of fused-ring (bicyclic) bond motifs is 2. The Labute approximate surface area is 160 Å². The molecule has 1 aliphatic carbocycles. The second kappa shape index (κ2) is 7.09. The van der Waals surface area contributed by atoms with Gasteiger partial charge in [0.15, 0.2) is 0 Å². The van der Waals surface area contributed by atoms with Crippen LogP contribution in [0.3, 0.4) is 0 Å². The maximum atomic E-state index is 13.0. The zero-order valence-electron chi connectivity index (χ0n) is 15.4. The number of sulfonamides is 1. The molecular weight excluding hydrogens is 360 g/mol. The zero-order chi connectivity index (χ0) is 19.0. The van der Waals surface area contributed by atoms with Gasteiger partial charge in [0.2, 0.25) is 15.9 Å². The molecule has 27 heavy (non-hydrogen) atoms. The second-order valence-electron chi connectivity index (χ2n) is 7.20. The molecule has 1 unspecified atom stereocenters. The van der Waals surface area contributed by atoms with Crippen LogP contribution >= 0.6 is 0 Å².